The summed E-state index contributed by atoms with van der Waals surface area (Å²) >= 11 is 0. The number of piperidine rings is 1. The maximum atomic E-state index is 12.7. The quantitative estimate of drug-likeness (QED) is 0.884. The van der Waals surface area contributed by atoms with Crippen LogP contribution in [0.1, 0.15) is 47.3 Å². The number of rotatable bonds is 3. The highest BCUT2D eigenvalue weighted by Crippen LogP contribution is 2.27. The summed E-state index contributed by atoms with van der Waals surface area (Å²) < 4.78 is 1.86. The highest BCUT2D eigenvalue weighted by molar-refractivity contribution is 5.95. The third-order valence-corrected chi connectivity index (χ3v) is 5.41. The molecule has 25 heavy (non-hydrogen) atoms. The van der Waals surface area contributed by atoms with E-state index in [1.165, 1.54) is 12.8 Å². The van der Waals surface area contributed by atoms with E-state index in [0.717, 1.165) is 29.8 Å². The van der Waals surface area contributed by atoms with Crippen molar-refractivity contribution in [3.05, 3.63) is 47.3 Å². The Morgan fingerprint density at radius 2 is 1.88 bits per heavy atom. The lowest BCUT2D eigenvalue weighted by Crippen LogP contribution is -2.48. The van der Waals surface area contributed by atoms with Crippen molar-refractivity contribution in [2.45, 2.75) is 57.7 Å². The molecule has 6 heteroatoms. The minimum absolute atomic E-state index is 0. The van der Waals surface area contributed by atoms with Gasteiger partial charge in [0.05, 0.1) is 23.1 Å². The fourth-order valence-electron chi connectivity index (χ4n) is 4.11. The number of fused-ring (bicyclic) bond motifs is 2. The molecule has 2 saturated heterocycles. The summed E-state index contributed by atoms with van der Waals surface area (Å²) in [5.41, 5.74) is 3.72. The third kappa shape index (κ3) is 3.44. The predicted molar refractivity (Wildman–Crippen MR) is 101 cm³/mol. The van der Waals surface area contributed by atoms with Gasteiger partial charge in [-0.2, -0.15) is 5.10 Å². The number of halogens is 1. The van der Waals surface area contributed by atoms with Crippen molar-refractivity contribution >= 4 is 18.3 Å². The minimum Gasteiger partial charge on any atom is -0.349 e. The molecule has 2 aromatic rings. The van der Waals surface area contributed by atoms with E-state index in [9.17, 15) is 4.79 Å². The van der Waals surface area contributed by atoms with Gasteiger partial charge in [0.15, 0.2) is 0 Å². The van der Waals surface area contributed by atoms with Crippen LogP contribution in [0.2, 0.25) is 0 Å². The number of aromatic nitrogens is 2. The van der Waals surface area contributed by atoms with Crippen LogP contribution >= 0.6 is 12.4 Å². The van der Waals surface area contributed by atoms with Gasteiger partial charge in [-0.3, -0.25) is 4.79 Å². The Morgan fingerprint density at radius 3 is 2.56 bits per heavy atom. The van der Waals surface area contributed by atoms with E-state index < -0.39 is 0 Å². The van der Waals surface area contributed by atoms with Gasteiger partial charge in [-0.1, -0.05) is 18.2 Å². The van der Waals surface area contributed by atoms with Crippen molar-refractivity contribution in [3.8, 4) is 5.69 Å². The Kier molecular flexibility index (Phi) is 5.16. The Balaban J connectivity index is 0.00000182. The van der Waals surface area contributed by atoms with Crippen molar-refractivity contribution in [1.82, 2.24) is 20.4 Å². The number of carbonyl (C=O) groups is 1. The highest BCUT2D eigenvalue weighted by atomic mass is 35.5. The fourth-order valence-corrected chi connectivity index (χ4v) is 4.11. The van der Waals surface area contributed by atoms with E-state index in [2.05, 4.69) is 28.7 Å². The van der Waals surface area contributed by atoms with Crippen molar-refractivity contribution < 1.29 is 4.79 Å². The van der Waals surface area contributed by atoms with E-state index >= 15 is 0 Å². The molecule has 2 atom stereocenters. The maximum absolute atomic E-state index is 12.7. The molecule has 134 valence electrons. The highest BCUT2D eigenvalue weighted by Gasteiger charge is 2.34. The molecular formula is C19H25ClN4O. The molecule has 2 bridgehead atoms. The molecular weight excluding hydrogens is 336 g/mol. The molecule has 0 aliphatic carbocycles. The summed E-state index contributed by atoms with van der Waals surface area (Å²) in [7, 11) is 0. The van der Waals surface area contributed by atoms with E-state index in [0.29, 0.717) is 17.6 Å². The van der Waals surface area contributed by atoms with E-state index in [4.69, 9.17) is 0 Å². The molecule has 0 radical (unpaired) electrons. The van der Waals surface area contributed by atoms with Crippen LogP contribution in [0.15, 0.2) is 30.5 Å². The van der Waals surface area contributed by atoms with Crippen LogP contribution in [0, 0.1) is 13.8 Å². The molecule has 2 unspecified atom stereocenters. The van der Waals surface area contributed by atoms with Gasteiger partial charge in [-0.05, 0) is 51.2 Å². The summed E-state index contributed by atoms with van der Waals surface area (Å²) in [6.07, 6.45) is 6.23. The number of nitrogens with one attached hydrogen (secondary N) is 2. The van der Waals surface area contributed by atoms with Crippen molar-refractivity contribution in [1.29, 1.82) is 0 Å². The summed E-state index contributed by atoms with van der Waals surface area (Å²) in [5, 5.41) is 11.3. The second-order valence-electron chi connectivity index (χ2n) is 7.12. The monoisotopic (exact) mass is 360 g/mol. The number of amides is 1. The van der Waals surface area contributed by atoms with Crippen LogP contribution in [0.4, 0.5) is 0 Å². The van der Waals surface area contributed by atoms with Crippen LogP contribution < -0.4 is 10.6 Å². The van der Waals surface area contributed by atoms with Gasteiger partial charge in [0.2, 0.25) is 0 Å². The second kappa shape index (κ2) is 7.18. The first-order chi connectivity index (χ1) is 11.6. The standard InChI is InChI=1S/C19H24N4O.ClH/c1-12-5-3-4-6-18(12)23-13(2)17(11-20-23)19(24)22-16-9-14-7-8-15(10-16)21-14;/h3-6,11,14-16,21H,7-10H2,1-2H3,(H,22,24);1H. The summed E-state index contributed by atoms with van der Waals surface area (Å²) in [5.74, 6) is -0.00126. The largest absolute Gasteiger partial charge is 0.349 e. The zero-order valence-electron chi connectivity index (χ0n) is 14.7. The van der Waals surface area contributed by atoms with Gasteiger partial charge in [0, 0.05) is 18.1 Å². The number of aryl methyl sites for hydroxylation is 1. The first-order valence-electron chi connectivity index (χ1n) is 8.79. The smallest absolute Gasteiger partial charge is 0.254 e. The SMILES string of the molecule is Cc1ccccc1-n1ncc(C(=O)NC2CC3CCC(C2)N3)c1C.Cl. The average Bonchev–Trinajstić information content (AvgIpc) is 3.10. The third-order valence-electron chi connectivity index (χ3n) is 5.41. The zero-order valence-corrected chi connectivity index (χ0v) is 15.5. The summed E-state index contributed by atoms with van der Waals surface area (Å²) in [6, 6.07) is 9.51. The molecule has 0 saturated carbocycles. The maximum Gasteiger partial charge on any atom is 0.254 e. The normalized spacial score (nSPS) is 24.6. The number of hydrogen-bond acceptors (Lipinski definition) is 3. The van der Waals surface area contributed by atoms with E-state index in [-0.39, 0.29) is 24.4 Å². The number of hydrogen-bond donors (Lipinski definition) is 2. The number of carbonyl (C=O) groups excluding carboxylic acids is 1. The summed E-state index contributed by atoms with van der Waals surface area (Å²) in [6.45, 7) is 4.02. The summed E-state index contributed by atoms with van der Waals surface area (Å²) in [4.78, 5) is 12.7. The van der Waals surface area contributed by atoms with E-state index in [1.54, 1.807) is 6.20 Å². The Labute approximate surface area is 154 Å². The number of benzene rings is 1. The van der Waals surface area contributed by atoms with Gasteiger partial charge in [0.1, 0.15) is 0 Å². The Hall–Kier alpha value is -1.85. The topological polar surface area (TPSA) is 59.0 Å². The lowest BCUT2D eigenvalue weighted by molar-refractivity contribution is 0.0923. The molecule has 3 heterocycles. The van der Waals surface area contributed by atoms with Gasteiger partial charge in [-0.25, -0.2) is 4.68 Å². The second-order valence-corrected chi connectivity index (χ2v) is 7.12. The van der Waals surface area contributed by atoms with Crippen LogP contribution in [-0.2, 0) is 0 Å². The van der Waals surface area contributed by atoms with Crippen LogP contribution in [0.5, 0.6) is 0 Å². The molecule has 2 aliphatic rings. The van der Waals surface area contributed by atoms with Crippen LogP contribution in [-0.4, -0.2) is 33.8 Å². The molecule has 4 rings (SSSR count). The Bertz CT molecular complexity index is 761. The molecule has 0 spiro atoms. The van der Waals surface area contributed by atoms with Crippen molar-refractivity contribution in [3.63, 3.8) is 0 Å². The van der Waals surface area contributed by atoms with Gasteiger partial charge >= 0.3 is 0 Å². The first kappa shape index (κ1) is 18.0. The van der Waals surface area contributed by atoms with E-state index in [1.807, 2.05) is 29.8 Å². The van der Waals surface area contributed by atoms with Gasteiger partial charge in [-0.15, -0.1) is 12.4 Å². The van der Waals surface area contributed by atoms with Crippen LogP contribution in [0.3, 0.4) is 0 Å². The fraction of sp³-hybridized carbons (Fsp3) is 0.474. The lowest BCUT2D eigenvalue weighted by Gasteiger charge is -2.29. The molecule has 2 aliphatic heterocycles. The predicted octanol–water partition coefficient (Wildman–Crippen LogP) is 2.92. The molecule has 1 amide bonds. The van der Waals surface area contributed by atoms with Gasteiger partial charge < -0.3 is 10.6 Å². The Morgan fingerprint density at radius 1 is 1.20 bits per heavy atom. The lowest BCUT2D eigenvalue weighted by atomic mass is 9.99. The number of para-hydroxylation sites is 1. The first-order valence-corrected chi connectivity index (χ1v) is 8.79. The average molecular weight is 361 g/mol. The van der Waals surface area contributed by atoms with Crippen molar-refractivity contribution in [2.24, 2.45) is 0 Å². The van der Waals surface area contributed by atoms with Crippen LogP contribution in [0.25, 0.3) is 5.69 Å². The molecule has 2 N–H and O–H groups in total. The molecule has 2 fully saturated rings. The zero-order chi connectivity index (χ0) is 16.7. The van der Waals surface area contributed by atoms with Crippen molar-refractivity contribution in [2.75, 3.05) is 0 Å². The molecule has 5 nitrogen and oxygen atoms in total. The molecule has 1 aromatic carbocycles. The van der Waals surface area contributed by atoms with Gasteiger partial charge in [0.25, 0.3) is 5.91 Å². The minimum atomic E-state index is -0.00126. The molecule has 1 aromatic heterocycles. The number of nitrogens with zero attached hydrogens (tertiary/aromatic N) is 2.